The van der Waals surface area contributed by atoms with Gasteiger partial charge >= 0.3 is 39.5 Å². The first-order valence-corrected chi connectivity index (χ1v) is 44.7. The van der Waals surface area contributed by atoms with Crippen molar-refractivity contribution in [1.29, 1.82) is 0 Å². The van der Waals surface area contributed by atoms with Crippen molar-refractivity contribution in [2.45, 2.75) is 433 Å². The molecular formula is C81H158O17P2. The fourth-order valence-corrected chi connectivity index (χ4v) is 14.0. The molecule has 0 radical (unpaired) electrons. The first-order chi connectivity index (χ1) is 48.1. The number of aliphatic hydroxyl groups is 1. The fourth-order valence-electron chi connectivity index (χ4n) is 12.4. The highest BCUT2D eigenvalue weighted by molar-refractivity contribution is 7.47. The average Bonchev–Trinajstić information content (AvgIpc) is 0.935. The predicted octanol–water partition coefficient (Wildman–Crippen LogP) is 24.0. The minimum Gasteiger partial charge on any atom is -0.462 e. The molecule has 17 nitrogen and oxygen atoms in total. The van der Waals surface area contributed by atoms with E-state index >= 15 is 0 Å². The second-order valence-electron chi connectivity index (χ2n) is 31.1. The van der Waals surface area contributed by atoms with Gasteiger partial charge in [-0.2, -0.15) is 0 Å². The van der Waals surface area contributed by atoms with Gasteiger partial charge in [0.15, 0.2) is 12.2 Å². The van der Waals surface area contributed by atoms with Gasteiger partial charge in [-0.1, -0.05) is 364 Å². The summed E-state index contributed by atoms with van der Waals surface area (Å²) in [5.74, 6) is 0.938. The van der Waals surface area contributed by atoms with Crippen molar-refractivity contribution in [3.05, 3.63) is 0 Å². The molecule has 0 aliphatic rings. The average molecular weight is 1470 g/mol. The van der Waals surface area contributed by atoms with Gasteiger partial charge in [0.2, 0.25) is 0 Å². The summed E-state index contributed by atoms with van der Waals surface area (Å²) < 4.78 is 68.7. The van der Waals surface area contributed by atoms with Gasteiger partial charge in [0.1, 0.15) is 19.3 Å². The van der Waals surface area contributed by atoms with Gasteiger partial charge in [-0.05, 0) is 49.4 Å². The number of rotatable bonds is 78. The van der Waals surface area contributed by atoms with Gasteiger partial charge in [0.25, 0.3) is 0 Å². The summed E-state index contributed by atoms with van der Waals surface area (Å²) in [6.07, 6.45) is 57.1. The van der Waals surface area contributed by atoms with Gasteiger partial charge < -0.3 is 33.8 Å². The molecule has 0 spiro atoms. The second kappa shape index (κ2) is 70.1. The van der Waals surface area contributed by atoms with Crippen molar-refractivity contribution in [3.63, 3.8) is 0 Å². The number of carbonyl (C=O) groups is 4. The number of phosphoric ester groups is 2. The molecule has 100 heavy (non-hydrogen) atoms. The Bertz CT molecular complexity index is 1950. The van der Waals surface area contributed by atoms with Crippen LogP contribution in [0.3, 0.4) is 0 Å². The van der Waals surface area contributed by atoms with Crippen LogP contribution < -0.4 is 0 Å². The minimum atomic E-state index is -4.96. The fraction of sp³-hybridized carbons (Fsp3) is 0.951. The summed E-state index contributed by atoms with van der Waals surface area (Å²) in [6, 6.07) is 0. The second-order valence-corrected chi connectivity index (χ2v) is 34.0. The molecule has 0 bridgehead atoms. The van der Waals surface area contributed by atoms with E-state index < -0.39 is 97.5 Å². The van der Waals surface area contributed by atoms with Crippen LogP contribution in [0.25, 0.3) is 0 Å². The molecule has 0 aliphatic heterocycles. The van der Waals surface area contributed by atoms with Crippen LogP contribution in [-0.2, 0) is 65.4 Å². The van der Waals surface area contributed by atoms with Gasteiger partial charge in [-0.3, -0.25) is 37.3 Å². The molecule has 0 saturated carbocycles. The number of hydrogen-bond donors (Lipinski definition) is 3. The van der Waals surface area contributed by atoms with Crippen molar-refractivity contribution < 1.29 is 80.2 Å². The Hall–Kier alpha value is -1.94. The van der Waals surface area contributed by atoms with Crippen molar-refractivity contribution in [2.24, 2.45) is 23.7 Å². The standard InChI is InChI=1S/C81H158O17P2/c1-71(2)57-49-41-33-26-22-18-14-11-9-10-12-16-20-24-28-38-47-55-64-81(86)98-77(68-92-79(84)62-54-46-40-32-36-44-52-60-74(7)8)70-96-100(89,90)94-66-75(82)65-93-99(87,88)95-69-76(67-91-78(83)61-53-45-37-31-30-35-43-51-59-73(5)6)97-80(85)63-56-48-39-29-25-21-17-13-15-19-23-27-34-42-50-58-72(3)4/h71-77,82H,9-70H2,1-8H3,(H,87,88)(H,89,90)/t75?,76-,77-/m1/s1. The summed E-state index contributed by atoms with van der Waals surface area (Å²) >= 11 is 0. The van der Waals surface area contributed by atoms with E-state index in [0.29, 0.717) is 31.6 Å². The quantitative estimate of drug-likeness (QED) is 0.0222. The Balaban J connectivity index is 5.18. The highest BCUT2D eigenvalue weighted by Gasteiger charge is 2.30. The lowest BCUT2D eigenvalue weighted by Crippen LogP contribution is -2.30. The van der Waals surface area contributed by atoms with Crippen LogP contribution in [0.2, 0.25) is 0 Å². The molecule has 3 unspecified atom stereocenters. The van der Waals surface area contributed by atoms with Crippen molar-refractivity contribution in [2.75, 3.05) is 39.6 Å². The molecule has 3 N–H and O–H groups in total. The van der Waals surface area contributed by atoms with Crippen LogP contribution in [0.15, 0.2) is 0 Å². The SMILES string of the molecule is CC(C)CCCCCCCCCCCCCCCCCCCCC(=O)O[C@H](COC(=O)CCCCCCCCCC(C)C)COP(=O)(O)OCC(O)COP(=O)(O)OC[C@@H](COC(=O)CCCCCCCCCCC(C)C)OC(=O)CCCCCCCCCCCCCCCCCC(C)C. The third kappa shape index (κ3) is 74.3. The van der Waals surface area contributed by atoms with Crippen LogP contribution in [-0.4, -0.2) is 96.7 Å². The maximum atomic E-state index is 13.1. The van der Waals surface area contributed by atoms with Crippen LogP contribution in [0.1, 0.15) is 415 Å². The molecule has 0 heterocycles. The van der Waals surface area contributed by atoms with E-state index in [4.69, 9.17) is 37.0 Å². The number of esters is 4. The van der Waals surface area contributed by atoms with Crippen LogP contribution in [0.4, 0.5) is 0 Å². The highest BCUT2D eigenvalue weighted by Crippen LogP contribution is 2.45. The lowest BCUT2D eigenvalue weighted by atomic mass is 10.0. The van der Waals surface area contributed by atoms with Gasteiger partial charge in [-0.25, -0.2) is 9.13 Å². The minimum absolute atomic E-state index is 0.107. The number of unbranched alkanes of at least 4 members (excludes halogenated alkanes) is 44. The summed E-state index contributed by atoms with van der Waals surface area (Å²) in [7, 11) is -9.92. The molecule has 0 fully saturated rings. The van der Waals surface area contributed by atoms with Crippen LogP contribution in [0.5, 0.6) is 0 Å². The Morgan fingerprint density at radius 3 is 0.620 bits per heavy atom. The molecule has 0 amide bonds. The molecule has 5 atom stereocenters. The van der Waals surface area contributed by atoms with E-state index in [9.17, 15) is 43.2 Å². The molecule has 0 aromatic heterocycles. The summed E-state index contributed by atoms with van der Waals surface area (Å²) in [6.45, 7) is 14.2. The third-order valence-electron chi connectivity index (χ3n) is 18.8. The molecule has 0 saturated heterocycles. The van der Waals surface area contributed by atoms with Gasteiger partial charge in [-0.15, -0.1) is 0 Å². The first-order valence-electron chi connectivity index (χ1n) is 41.7. The van der Waals surface area contributed by atoms with E-state index in [1.165, 1.54) is 212 Å². The zero-order chi connectivity index (χ0) is 73.8. The van der Waals surface area contributed by atoms with Crippen LogP contribution in [0, 0.1) is 23.7 Å². The molecule has 594 valence electrons. The Morgan fingerprint density at radius 2 is 0.420 bits per heavy atom. The lowest BCUT2D eigenvalue weighted by Gasteiger charge is -2.21. The van der Waals surface area contributed by atoms with E-state index in [2.05, 4.69) is 55.4 Å². The van der Waals surface area contributed by atoms with Crippen molar-refractivity contribution >= 4 is 39.5 Å². The topological polar surface area (TPSA) is 237 Å². The molecule has 0 aromatic rings. The summed E-state index contributed by atoms with van der Waals surface area (Å²) in [5, 5.41) is 10.6. The third-order valence-corrected chi connectivity index (χ3v) is 20.7. The largest absolute Gasteiger partial charge is 0.472 e. The van der Waals surface area contributed by atoms with E-state index in [1.54, 1.807) is 0 Å². The number of carbonyl (C=O) groups excluding carboxylic acids is 4. The van der Waals surface area contributed by atoms with E-state index in [1.807, 2.05) is 0 Å². The lowest BCUT2D eigenvalue weighted by molar-refractivity contribution is -0.161. The Kier molecular flexibility index (Phi) is 68.7. The summed E-state index contributed by atoms with van der Waals surface area (Å²) in [4.78, 5) is 73.0. The Labute approximate surface area is 613 Å². The first kappa shape index (κ1) is 98.1. The summed E-state index contributed by atoms with van der Waals surface area (Å²) in [5.41, 5.74) is 0. The zero-order valence-corrected chi connectivity index (χ0v) is 67.6. The normalized spacial score (nSPS) is 14.0. The smallest absolute Gasteiger partial charge is 0.462 e. The van der Waals surface area contributed by atoms with E-state index in [0.717, 1.165) is 114 Å². The highest BCUT2D eigenvalue weighted by atomic mass is 31.2. The Morgan fingerprint density at radius 1 is 0.250 bits per heavy atom. The maximum Gasteiger partial charge on any atom is 0.472 e. The van der Waals surface area contributed by atoms with E-state index in [-0.39, 0.29) is 25.7 Å². The number of aliphatic hydroxyl groups excluding tert-OH is 1. The number of phosphoric acid groups is 2. The molecule has 19 heteroatoms. The number of ether oxygens (including phenoxy) is 4. The van der Waals surface area contributed by atoms with Crippen LogP contribution >= 0.6 is 15.6 Å². The van der Waals surface area contributed by atoms with Gasteiger partial charge in [0, 0.05) is 25.7 Å². The maximum absolute atomic E-state index is 13.1. The van der Waals surface area contributed by atoms with Gasteiger partial charge in [0.05, 0.1) is 26.4 Å². The zero-order valence-electron chi connectivity index (χ0n) is 65.8. The molecule has 0 rings (SSSR count). The number of hydrogen-bond acceptors (Lipinski definition) is 15. The predicted molar refractivity (Wildman–Crippen MR) is 409 cm³/mol. The van der Waals surface area contributed by atoms with Crippen molar-refractivity contribution in [3.8, 4) is 0 Å². The molecular weight excluding hydrogens is 1310 g/mol. The monoisotopic (exact) mass is 1470 g/mol. The molecule has 0 aromatic carbocycles. The molecule has 0 aliphatic carbocycles. The van der Waals surface area contributed by atoms with Crippen molar-refractivity contribution in [1.82, 2.24) is 0 Å².